The van der Waals surface area contributed by atoms with E-state index >= 15 is 0 Å². The predicted molar refractivity (Wildman–Crippen MR) is 23.7 cm³/mol. The summed E-state index contributed by atoms with van der Waals surface area (Å²) in [7, 11) is 0. The second kappa shape index (κ2) is 1.83. The summed E-state index contributed by atoms with van der Waals surface area (Å²) in [6.07, 6.45) is -3.85. The summed E-state index contributed by atoms with van der Waals surface area (Å²) < 4.78 is 59.7. The fraction of sp³-hybridized carbons (Fsp3) is 0.800. The lowest BCUT2D eigenvalue weighted by atomic mass is 10.2. The first-order valence-electron chi connectivity index (χ1n) is 2.61. The Morgan fingerprint density at radius 1 is 1.20 bits per heavy atom. The van der Waals surface area contributed by atoms with Crippen LogP contribution in [0.4, 0.5) is 22.0 Å². The van der Waals surface area contributed by atoms with Crippen LogP contribution in [0.15, 0.2) is 0 Å². The molecule has 1 atom stereocenters. The van der Waals surface area contributed by atoms with Crippen molar-refractivity contribution in [1.82, 2.24) is 0 Å². The molecular weight excluding hydrogens is 155 g/mol. The van der Waals surface area contributed by atoms with Crippen LogP contribution in [0.5, 0.6) is 0 Å². The van der Waals surface area contributed by atoms with Gasteiger partial charge in [0.05, 0.1) is 6.42 Å². The quantitative estimate of drug-likeness (QED) is 0.475. The van der Waals surface area contributed by atoms with Gasteiger partial charge in [0.15, 0.2) is 0 Å². The van der Waals surface area contributed by atoms with Crippen molar-refractivity contribution in [1.29, 1.82) is 0 Å². The molecule has 1 unspecified atom stereocenters. The highest BCUT2D eigenvalue weighted by Crippen LogP contribution is 2.47. The smallest absolute Gasteiger partial charge is 0.247 e. The first-order chi connectivity index (χ1) is 4.35. The molecule has 0 aliphatic heterocycles. The minimum atomic E-state index is -4.27. The molecule has 0 aromatic rings. The van der Waals surface area contributed by atoms with Crippen LogP contribution in [0.1, 0.15) is 6.42 Å². The lowest BCUT2D eigenvalue weighted by molar-refractivity contribution is -0.170. The van der Waals surface area contributed by atoms with Crippen LogP contribution in [0.2, 0.25) is 0 Å². The number of hydrogen-bond acceptors (Lipinski definition) is 0. The van der Waals surface area contributed by atoms with Gasteiger partial charge in [-0.3, -0.25) is 0 Å². The molecule has 59 valence electrons. The standard InChI is InChI=1S/C5H4F5/c6-3-1-4(7,8)5(9,10)2-3/h1,3H,2H2. The Morgan fingerprint density at radius 3 is 1.80 bits per heavy atom. The number of alkyl halides is 5. The average molecular weight is 159 g/mol. The van der Waals surface area contributed by atoms with Crippen molar-refractivity contribution >= 4 is 0 Å². The molecule has 10 heavy (non-hydrogen) atoms. The van der Waals surface area contributed by atoms with Crippen LogP contribution < -0.4 is 0 Å². The highest BCUT2D eigenvalue weighted by molar-refractivity contribution is 5.09. The van der Waals surface area contributed by atoms with Gasteiger partial charge >= 0.3 is 11.8 Å². The minimum Gasteiger partial charge on any atom is -0.247 e. The Bertz CT molecular complexity index is 125. The van der Waals surface area contributed by atoms with Gasteiger partial charge in [-0.1, -0.05) is 0 Å². The van der Waals surface area contributed by atoms with Gasteiger partial charge in [-0.05, 0) is 0 Å². The summed E-state index contributed by atoms with van der Waals surface area (Å²) in [4.78, 5) is 0. The minimum absolute atomic E-state index is 0.257. The highest BCUT2D eigenvalue weighted by Gasteiger charge is 2.63. The summed E-state index contributed by atoms with van der Waals surface area (Å²) >= 11 is 0. The maximum Gasteiger partial charge on any atom is 0.316 e. The average Bonchev–Trinajstić information content (AvgIpc) is 1.73. The van der Waals surface area contributed by atoms with Gasteiger partial charge in [-0.15, -0.1) is 0 Å². The molecule has 0 aromatic carbocycles. The SMILES string of the molecule is FC1[CH]C(F)(F)C(F)(F)C1. The van der Waals surface area contributed by atoms with Gasteiger partial charge in [-0.2, -0.15) is 17.6 Å². The van der Waals surface area contributed by atoms with Gasteiger partial charge in [0.1, 0.15) is 6.17 Å². The summed E-state index contributed by atoms with van der Waals surface area (Å²) in [5, 5.41) is 0. The monoisotopic (exact) mass is 159 g/mol. The summed E-state index contributed by atoms with van der Waals surface area (Å²) in [5.41, 5.74) is 0. The van der Waals surface area contributed by atoms with Crippen LogP contribution in [0.25, 0.3) is 0 Å². The van der Waals surface area contributed by atoms with Crippen molar-refractivity contribution in [2.75, 3.05) is 0 Å². The van der Waals surface area contributed by atoms with Crippen LogP contribution in [-0.2, 0) is 0 Å². The lowest BCUT2D eigenvalue weighted by Gasteiger charge is -2.16. The third-order valence-corrected chi connectivity index (χ3v) is 1.33. The lowest BCUT2D eigenvalue weighted by Crippen LogP contribution is -2.34. The molecule has 1 radical (unpaired) electrons. The van der Waals surface area contributed by atoms with Crippen molar-refractivity contribution in [3.05, 3.63) is 6.42 Å². The molecule has 0 saturated heterocycles. The van der Waals surface area contributed by atoms with Crippen molar-refractivity contribution in [3.63, 3.8) is 0 Å². The van der Waals surface area contributed by atoms with E-state index < -0.39 is 24.4 Å². The fourth-order valence-electron chi connectivity index (χ4n) is 0.789. The van der Waals surface area contributed by atoms with E-state index in [9.17, 15) is 22.0 Å². The zero-order chi connectivity index (χ0) is 7.99. The third kappa shape index (κ3) is 0.973. The maximum atomic E-state index is 12.0. The van der Waals surface area contributed by atoms with E-state index in [1.54, 1.807) is 0 Å². The molecule has 0 nitrogen and oxygen atoms in total. The van der Waals surface area contributed by atoms with Crippen LogP contribution in [0.3, 0.4) is 0 Å². The molecule has 0 N–H and O–H groups in total. The first-order valence-corrected chi connectivity index (χ1v) is 2.61. The van der Waals surface area contributed by atoms with Crippen molar-refractivity contribution in [3.8, 4) is 0 Å². The normalized spacial score (nSPS) is 30.9. The van der Waals surface area contributed by atoms with Gasteiger partial charge in [0.2, 0.25) is 0 Å². The topological polar surface area (TPSA) is 0 Å². The van der Waals surface area contributed by atoms with E-state index in [-0.39, 0.29) is 6.42 Å². The highest BCUT2D eigenvalue weighted by atomic mass is 19.3. The van der Waals surface area contributed by atoms with E-state index in [0.717, 1.165) is 0 Å². The maximum absolute atomic E-state index is 12.0. The molecule has 0 aromatic heterocycles. The van der Waals surface area contributed by atoms with E-state index in [1.807, 2.05) is 0 Å². The zero-order valence-corrected chi connectivity index (χ0v) is 4.75. The Kier molecular flexibility index (Phi) is 1.42. The van der Waals surface area contributed by atoms with E-state index in [2.05, 4.69) is 0 Å². The van der Waals surface area contributed by atoms with E-state index in [0.29, 0.717) is 0 Å². The Hall–Kier alpha value is -0.350. The molecule has 5 heteroatoms. The zero-order valence-electron chi connectivity index (χ0n) is 4.75. The molecular formula is C5H4F5. The van der Waals surface area contributed by atoms with E-state index in [4.69, 9.17) is 0 Å². The van der Waals surface area contributed by atoms with Crippen LogP contribution in [0, 0.1) is 6.42 Å². The summed E-state index contributed by atoms with van der Waals surface area (Å²) in [6, 6.07) is 0. The molecule has 1 aliphatic rings. The second-order valence-corrected chi connectivity index (χ2v) is 2.21. The van der Waals surface area contributed by atoms with Gasteiger partial charge < -0.3 is 0 Å². The van der Waals surface area contributed by atoms with Crippen LogP contribution in [-0.4, -0.2) is 18.0 Å². The molecule has 0 spiro atoms. The predicted octanol–water partition coefficient (Wildman–Crippen LogP) is 2.20. The largest absolute Gasteiger partial charge is 0.316 e. The Labute approximate surface area is 54.0 Å². The molecule has 1 fully saturated rings. The first kappa shape index (κ1) is 7.75. The molecule has 1 aliphatic carbocycles. The number of halogens is 5. The van der Waals surface area contributed by atoms with Gasteiger partial charge in [-0.25, -0.2) is 4.39 Å². The van der Waals surface area contributed by atoms with Crippen molar-refractivity contribution in [2.45, 2.75) is 24.4 Å². The number of rotatable bonds is 0. The molecule has 0 heterocycles. The van der Waals surface area contributed by atoms with Crippen molar-refractivity contribution in [2.24, 2.45) is 0 Å². The third-order valence-electron chi connectivity index (χ3n) is 1.33. The molecule has 0 bridgehead atoms. The summed E-state index contributed by atoms with van der Waals surface area (Å²) in [6.45, 7) is 0. The molecule has 0 amide bonds. The Balaban J connectivity index is 2.78. The Morgan fingerprint density at radius 2 is 1.70 bits per heavy atom. The van der Waals surface area contributed by atoms with Crippen LogP contribution >= 0.6 is 0 Å². The number of hydrogen-bond donors (Lipinski definition) is 0. The van der Waals surface area contributed by atoms with Crippen molar-refractivity contribution < 1.29 is 22.0 Å². The molecule has 1 rings (SSSR count). The summed E-state index contributed by atoms with van der Waals surface area (Å²) in [5.74, 6) is -8.47. The van der Waals surface area contributed by atoms with Gasteiger partial charge in [0.25, 0.3) is 0 Å². The van der Waals surface area contributed by atoms with Gasteiger partial charge in [0, 0.05) is 6.42 Å². The fourth-order valence-corrected chi connectivity index (χ4v) is 0.789. The molecule has 1 saturated carbocycles. The second-order valence-electron chi connectivity index (χ2n) is 2.21. The van der Waals surface area contributed by atoms with E-state index in [1.165, 1.54) is 0 Å².